The standard InChI is InChI=1S/C13H11N3S2/c1-8-10(9-3-5-14-6-4-9)7-11-12(15-8)18-13(16-11)17-2/h3-7H,1-2H3. The van der Waals surface area contributed by atoms with E-state index >= 15 is 0 Å². The number of hydrogen-bond acceptors (Lipinski definition) is 5. The molecule has 0 unspecified atom stereocenters. The molecule has 3 nitrogen and oxygen atoms in total. The molecule has 0 fully saturated rings. The number of fused-ring (bicyclic) bond motifs is 1. The molecule has 0 aromatic carbocycles. The first kappa shape index (κ1) is 11.6. The Kier molecular flexibility index (Phi) is 3.01. The van der Waals surface area contributed by atoms with Gasteiger partial charge in [-0.25, -0.2) is 9.97 Å². The number of pyridine rings is 2. The van der Waals surface area contributed by atoms with Crippen molar-refractivity contribution < 1.29 is 0 Å². The number of hydrogen-bond donors (Lipinski definition) is 0. The minimum Gasteiger partial charge on any atom is -0.265 e. The first-order valence-corrected chi connectivity index (χ1v) is 7.54. The molecule has 0 saturated carbocycles. The molecule has 0 radical (unpaired) electrons. The van der Waals surface area contributed by atoms with Gasteiger partial charge >= 0.3 is 0 Å². The number of thiazole rings is 1. The summed E-state index contributed by atoms with van der Waals surface area (Å²) in [4.78, 5) is 14.3. The lowest BCUT2D eigenvalue weighted by molar-refractivity contribution is 1.24. The molecular weight excluding hydrogens is 262 g/mol. The lowest BCUT2D eigenvalue weighted by atomic mass is 10.1. The third-order valence-corrected chi connectivity index (χ3v) is 4.67. The second kappa shape index (κ2) is 4.66. The summed E-state index contributed by atoms with van der Waals surface area (Å²) in [5.41, 5.74) is 4.27. The largest absolute Gasteiger partial charge is 0.265 e. The molecular formula is C13H11N3S2. The van der Waals surface area contributed by atoms with Crippen molar-refractivity contribution in [3.8, 4) is 11.1 Å². The predicted molar refractivity (Wildman–Crippen MR) is 77.2 cm³/mol. The number of rotatable bonds is 2. The number of aromatic nitrogens is 3. The summed E-state index contributed by atoms with van der Waals surface area (Å²) in [6, 6.07) is 6.11. The highest BCUT2D eigenvalue weighted by Gasteiger charge is 2.09. The van der Waals surface area contributed by atoms with Gasteiger partial charge in [0.25, 0.3) is 0 Å². The highest BCUT2D eigenvalue weighted by molar-refractivity contribution is 8.00. The Hall–Kier alpha value is -1.46. The van der Waals surface area contributed by atoms with Crippen molar-refractivity contribution in [2.24, 2.45) is 0 Å². The maximum Gasteiger partial charge on any atom is 0.152 e. The summed E-state index contributed by atoms with van der Waals surface area (Å²) in [6.07, 6.45) is 5.63. The van der Waals surface area contributed by atoms with Crippen molar-refractivity contribution >= 4 is 33.4 Å². The van der Waals surface area contributed by atoms with E-state index in [9.17, 15) is 0 Å². The molecule has 0 aliphatic carbocycles. The van der Waals surface area contributed by atoms with Crippen molar-refractivity contribution in [3.05, 3.63) is 36.3 Å². The molecule has 0 aliphatic rings. The van der Waals surface area contributed by atoms with Crippen LogP contribution >= 0.6 is 23.1 Å². The molecule has 0 saturated heterocycles. The molecule has 5 heteroatoms. The Labute approximate surface area is 113 Å². The Bertz CT molecular complexity index is 692. The molecule has 3 aromatic heterocycles. The maximum atomic E-state index is 4.64. The van der Waals surface area contributed by atoms with E-state index in [-0.39, 0.29) is 0 Å². The second-order valence-electron chi connectivity index (χ2n) is 3.87. The summed E-state index contributed by atoms with van der Waals surface area (Å²) in [5, 5.41) is 0. The van der Waals surface area contributed by atoms with Crippen molar-refractivity contribution in [1.29, 1.82) is 0 Å². The molecule has 0 N–H and O–H groups in total. The number of thioether (sulfide) groups is 1. The molecule has 0 spiro atoms. The molecule has 0 atom stereocenters. The number of aryl methyl sites for hydroxylation is 1. The summed E-state index contributed by atoms with van der Waals surface area (Å²) in [5.74, 6) is 0. The highest BCUT2D eigenvalue weighted by atomic mass is 32.2. The van der Waals surface area contributed by atoms with Crippen molar-refractivity contribution in [1.82, 2.24) is 15.0 Å². The molecule has 0 aliphatic heterocycles. The second-order valence-corrected chi connectivity index (χ2v) is 5.90. The van der Waals surface area contributed by atoms with Gasteiger partial charge in [-0.05, 0) is 36.9 Å². The fourth-order valence-electron chi connectivity index (χ4n) is 1.84. The normalized spacial score (nSPS) is 11.0. The van der Waals surface area contributed by atoms with E-state index in [1.165, 1.54) is 0 Å². The summed E-state index contributed by atoms with van der Waals surface area (Å²) in [7, 11) is 0. The number of nitrogens with zero attached hydrogens (tertiary/aromatic N) is 3. The van der Waals surface area contributed by atoms with Gasteiger partial charge in [0.15, 0.2) is 4.34 Å². The van der Waals surface area contributed by atoms with Crippen LogP contribution in [-0.2, 0) is 0 Å². The average Bonchev–Trinajstić information content (AvgIpc) is 2.80. The SMILES string of the molecule is CSc1nc2cc(-c3ccncc3)c(C)nc2s1. The van der Waals surface area contributed by atoms with E-state index in [1.807, 2.05) is 25.3 Å². The highest BCUT2D eigenvalue weighted by Crippen LogP contribution is 2.31. The van der Waals surface area contributed by atoms with E-state index in [4.69, 9.17) is 0 Å². The quantitative estimate of drug-likeness (QED) is 0.666. The topological polar surface area (TPSA) is 38.7 Å². The lowest BCUT2D eigenvalue weighted by Crippen LogP contribution is -1.88. The van der Waals surface area contributed by atoms with Gasteiger partial charge in [0.2, 0.25) is 0 Å². The van der Waals surface area contributed by atoms with E-state index in [2.05, 4.69) is 21.0 Å². The Morgan fingerprint density at radius 2 is 1.94 bits per heavy atom. The Morgan fingerprint density at radius 3 is 2.67 bits per heavy atom. The third-order valence-electron chi connectivity index (χ3n) is 2.72. The molecule has 0 amide bonds. The molecule has 3 rings (SSSR count). The van der Waals surface area contributed by atoms with Crippen LogP contribution in [0.2, 0.25) is 0 Å². The van der Waals surface area contributed by atoms with Crippen LogP contribution in [0.1, 0.15) is 5.69 Å². The first-order valence-electron chi connectivity index (χ1n) is 5.50. The maximum absolute atomic E-state index is 4.64. The molecule has 0 bridgehead atoms. The van der Waals surface area contributed by atoms with Gasteiger partial charge in [0.05, 0.1) is 0 Å². The van der Waals surface area contributed by atoms with Crippen LogP contribution in [0.3, 0.4) is 0 Å². The third kappa shape index (κ3) is 2.00. The first-order chi connectivity index (χ1) is 8.78. The molecule has 3 aromatic rings. The summed E-state index contributed by atoms with van der Waals surface area (Å²) >= 11 is 3.30. The Balaban J connectivity index is 2.21. The summed E-state index contributed by atoms with van der Waals surface area (Å²) < 4.78 is 1.06. The van der Waals surface area contributed by atoms with E-state index in [0.717, 1.165) is 31.5 Å². The van der Waals surface area contributed by atoms with Crippen LogP contribution in [0.15, 0.2) is 34.9 Å². The monoisotopic (exact) mass is 273 g/mol. The average molecular weight is 273 g/mol. The zero-order chi connectivity index (χ0) is 12.5. The van der Waals surface area contributed by atoms with Gasteiger partial charge in [-0.2, -0.15) is 0 Å². The van der Waals surface area contributed by atoms with Crippen LogP contribution < -0.4 is 0 Å². The van der Waals surface area contributed by atoms with E-state index in [0.29, 0.717) is 0 Å². The van der Waals surface area contributed by atoms with E-state index < -0.39 is 0 Å². The van der Waals surface area contributed by atoms with Crippen LogP contribution in [0.25, 0.3) is 21.5 Å². The van der Waals surface area contributed by atoms with Gasteiger partial charge < -0.3 is 0 Å². The van der Waals surface area contributed by atoms with Crippen molar-refractivity contribution in [3.63, 3.8) is 0 Å². The van der Waals surface area contributed by atoms with Gasteiger partial charge in [-0.3, -0.25) is 4.98 Å². The van der Waals surface area contributed by atoms with Gasteiger partial charge in [-0.1, -0.05) is 23.1 Å². The minimum absolute atomic E-state index is 0.974. The van der Waals surface area contributed by atoms with E-state index in [1.54, 1.807) is 35.5 Å². The fraction of sp³-hybridized carbons (Fsp3) is 0.154. The van der Waals surface area contributed by atoms with Crippen LogP contribution in [0.5, 0.6) is 0 Å². The van der Waals surface area contributed by atoms with Crippen molar-refractivity contribution in [2.45, 2.75) is 11.3 Å². The van der Waals surface area contributed by atoms with Crippen LogP contribution in [0, 0.1) is 6.92 Å². The lowest BCUT2D eigenvalue weighted by Gasteiger charge is -2.04. The molecule has 3 heterocycles. The van der Waals surface area contributed by atoms with Crippen molar-refractivity contribution in [2.75, 3.05) is 6.26 Å². The fourth-order valence-corrected chi connectivity index (χ4v) is 3.30. The van der Waals surface area contributed by atoms with Crippen LogP contribution in [-0.4, -0.2) is 21.2 Å². The molecule has 18 heavy (non-hydrogen) atoms. The summed E-state index contributed by atoms with van der Waals surface area (Å²) in [6.45, 7) is 2.04. The van der Waals surface area contributed by atoms with Crippen LogP contribution in [0.4, 0.5) is 0 Å². The van der Waals surface area contributed by atoms with Gasteiger partial charge in [0.1, 0.15) is 10.3 Å². The molecule has 90 valence electrons. The predicted octanol–water partition coefficient (Wildman–Crippen LogP) is 3.78. The smallest absolute Gasteiger partial charge is 0.152 e. The minimum atomic E-state index is 0.974. The zero-order valence-corrected chi connectivity index (χ0v) is 11.7. The van der Waals surface area contributed by atoms with Gasteiger partial charge in [-0.15, -0.1) is 0 Å². The Morgan fingerprint density at radius 1 is 1.17 bits per heavy atom. The zero-order valence-electron chi connectivity index (χ0n) is 10.0. The van der Waals surface area contributed by atoms with Gasteiger partial charge in [0, 0.05) is 23.7 Å².